The summed E-state index contributed by atoms with van der Waals surface area (Å²) in [5, 5.41) is 2.94. The van der Waals surface area contributed by atoms with Crippen LogP contribution in [0.15, 0.2) is 0 Å². The molecule has 18 heavy (non-hydrogen) atoms. The molecule has 0 aromatic heterocycles. The minimum atomic E-state index is -0.233. The van der Waals surface area contributed by atoms with Gasteiger partial charge in [-0.3, -0.25) is 9.59 Å². The van der Waals surface area contributed by atoms with E-state index in [4.69, 9.17) is 0 Å². The molecule has 0 bridgehead atoms. The van der Waals surface area contributed by atoms with E-state index in [9.17, 15) is 9.59 Å². The van der Waals surface area contributed by atoms with Gasteiger partial charge in [0.1, 0.15) is 6.04 Å². The summed E-state index contributed by atoms with van der Waals surface area (Å²) in [4.78, 5) is 26.6. The Kier molecular flexibility index (Phi) is 3.04. The van der Waals surface area contributed by atoms with Crippen LogP contribution in [0.25, 0.3) is 0 Å². The molecule has 3 aliphatic rings. The van der Waals surface area contributed by atoms with Gasteiger partial charge in [-0.1, -0.05) is 12.8 Å². The van der Waals surface area contributed by atoms with Crippen LogP contribution in [0.2, 0.25) is 0 Å². The number of carbonyl (C=O) groups is 2. The number of carbonyl (C=O) groups excluding carboxylic acids is 2. The second-order valence-electron chi connectivity index (χ2n) is 6.12. The van der Waals surface area contributed by atoms with E-state index in [2.05, 4.69) is 5.32 Å². The second kappa shape index (κ2) is 4.56. The maximum Gasteiger partial charge on any atom is 0.245 e. The molecule has 3 rings (SSSR count). The molecule has 1 heterocycles. The Morgan fingerprint density at radius 1 is 1.11 bits per heavy atom. The molecule has 4 heteroatoms. The van der Waals surface area contributed by atoms with Crippen molar-refractivity contribution in [3.63, 3.8) is 0 Å². The lowest BCUT2D eigenvalue weighted by atomic mass is 10.1. The van der Waals surface area contributed by atoms with E-state index in [-0.39, 0.29) is 23.9 Å². The van der Waals surface area contributed by atoms with Crippen LogP contribution in [0.1, 0.15) is 51.9 Å². The van der Waals surface area contributed by atoms with Crippen LogP contribution in [0.4, 0.5) is 0 Å². The molecule has 1 saturated heterocycles. The lowest BCUT2D eigenvalue weighted by Crippen LogP contribution is -2.51. The minimum Gasteiger partial charge on any atom is -0.344 e. The Labute approximate surface area is 108 Å². The Hall–Kier alpha value is -1.06. The van der Waals surface area contributed by atoms with Gasteiger partial charge >= 0.3 is 0 Å². The molecule has 4 nitrogen and oxygen atoms in total. The maximum absolute atomic E-state index is 12.7. The van der Waals surface area contributed by atoms with Gasteiger partial charge in [0.2, 0.25) is 11.8 Å². The van der Waals surface area contributed by atoms with Crippen LogP contribution in [0.5, 0.6) is 0 Å². The molecular weight excluding hydrogens is 228 g/mol. The summed E-state index contributed by atoms with van der Waals surface area (Å²) in [5.74, 6) is 0.631. The van der Waals surface area contributed by atoms with Crippen molar-refractivity contribution in [3.05, 3.63) is 0 Å². The zero-order valence-electron chi connectivity index (χ0n) is 11.0. The van der Waals surface area contributed by atoms with Gasteiger partial charge in [0.15, 0.2) is 0 Å². The summed E-state index contributed by atoms with van der Waals surface area (Å²) < 4.78 is 0. The molecule has 100 valence electrons. The maximum atomic E-state index is 12.7. The second-order valence-corrected chi connectivity index (χ2v) is 6.12. The van der Waals surface area contributed by atoms with E-state index in [0.717, 1.165) is 25.7 Å². The summed E-state index contributed by atoms with van der Waals surface area (Å²) in [6.45, 7) is 2.02. The first-order valence-electron chi connectivity index (χ1n) is 7.28. The van der Waals surface area contributed by atoms with Crippen LogP contribution in [0.3, 0.4) is 0 Å². The molecule has 0 aromatic carbocycles. The number of nitrogens with zero attached hydrogens (tertiary/aromatic N) is 1. The van der Waals surface area contributed by atoms with E-state index in [1.807, 2.05) is 11.8 Å². The monoisotopic (exact) mass is 250 g/mol. The highest BCUT2D eigenvalue weighted by molar-refractivity contribution is 5.91. The van der Waals surface area contributed by atoms with Crippen molar-refractivity contribution in [2.45, 2.75) is 70.0 Å². The van der Waals surface area contributed by atoms with Gasteiger partial charge < -0.3 is 10.2 Å². The summed E-state index contributed by atoms with van der Waals surface area (Å²) in [6.07, 6.45) is 7.30. The van der Waals surface area contributed by atoms with E-state index in [0.29, 0.717) is 18.4 Å². The number of rotatable bonds is 2. The lowest BCUT2D eigenvalue weighted by molar-refractivity contribution is -0.137. The summed E-state index contributed by atoms with van der Waals surface area (Å²) in [7, 11) is 0. The van der Waals surface area contributed by atoms with Crippen molar-refractivity contribution in [1.82, 2.24) is 10.2 Å². The summed E-state index contributed by atoms with van der Waals surface area (Å²) in [5.41, 5.74) is 0. The first-order chi connectivity index (χ1) is 8.66. The van der Waals surface area contributed by atoms with Crippen molar-refractivity contribution in [3.8, 4) is 0 Å². The SMILES string of the molecule is CC1CC(=O)NC(C2CC2)C(=O)N1C1CCCC1. The van der Waals surface area contributed by atoms with Gasteiger partial charge in [0, 0.05) is 18.5 Å². The lowest BCUT2D eigenvalue weighted by Gasteiger charge is -2.34. The normalized spacial score (nSPS) is 34.6. The first kappa shape index (κ1) is 12.0. The molecule has 2 saturated carbocycles. The average molecular weight is 250 g/mol. The quantitative estimate of drug-likeness (QED) is 0.806. The highest BCUT2D eigenvalue weighted by Gasteiger charge is 2.44. The van der Waals surface area contributed by atoms with Crippen molar-refractivity contribution >= 4 is 11.8 Å². The predicted molar refractivity (Wildman–Crippen MR) is 67.8 cm³/mol. The Morgan fingerprint density at radius 2 is 1.78 bits per heavy atom. The van der Waals surface area contributed by atoms with Gasteiger partial charge in [0.25, 0.3) is 0 Å². The molecule has 2 amide bonds. The van der Waals surface area contributed by atoms with Gasteiger partial charge in [-0.25, -0.2) is 0 Å². The highest BCUT2D eigenvalue weighted by atomic mass is 16.2. The van der Waals surface area contributed by atoms with Gasteiger partial charge in [-0.05, 0) is 38.5 Å². The third-order valence-corrected chi connectivity index (χ3v) is 4.60. The first-order valence-corrected chi connectivity index (χ1v) is 7.28. The zero-order valence-corrected chi connectivity index (χ0v) is 11.0. The van der Waals surface area contributed by atoms with Crippen molar-refractivity contribution in [2.75, 3.05) is 0 Å². The summed E-state index contributed by atoms with van der Waals surface area (Å²) in [6, 6.07) is 0.203. The van der Waals surface area contributed by atoms with Crippen molar-refractivity contribution in [2.24, 2.45) is 5.92 Å². The van der Waals surface area contributed by atoms with E-state index < -0.39 is 0 Å². The van der Waals surface area contributed by atoms with Crippen LogP contribution < -0.4 is 5.32 Å². The standard InChI is InChI=1S/C14H22N2O2/c1-9-8-12(17)15-13(10-6-7-10)14(18)16(9)11-4-2-3-5-11/h9-11,13H,2-8H2,1H3,(H,15,17). The number of hydrogen-bond donors (Lipinski definition) is 1. The van der Waals surface area contributed by atoms with Crippen molar-refractivity contribution < 1.29 is 9.59 Å². The molecule has 0 spiro atoms. The molecule has 1 N–H and O–H groups in total. The fourth-order valence-electron chi connectivity index (χ4n) is 3.51. The molecule has 2 unspecified atom stereocenters. The third-order valence-electron chi connectivity index (χ3n) is 4.60. The highest BCUT2D eigenvalue weighted by Crippen LogP contribution is 2.36. The Balaban J connectivity index is 1.83. The van der Waals surface area contributed by atoms with Crippen LogP contribution >= 0.6 is 0 Å². The molecule has 2 atom stereocenters. The number of nitrogens with one attached hydrogen (secondary N) is 1. The smallest absolute Gasteiger partial charge is 0.245 e. The molecule has 3 fully saturated rings. The molecule has 0 radical (unpaired) electrons. The fourth-order valence-corrected chi connectivity index (χ4v) is 3.51. The van der Waals surface area contributed by atoms with Gasteiger partial charge in [-0.15, -0.1) is 0 Å². The molecular formula is C14H22N2O2. The Bertz CT molecular complexity index is 359. The minimum absolute atomic E-state index is 0.0493. The molecule has 0 aromatic rings. The summed E-state index contributed by atoms with van der Waals surface area (Å²) >= 11 is 0. The average Bonchev–Trinajstić information content (AvgIpc) is 3.04. The fraction of sp³-hybridized carbons (Fsp3) is 0.857. The zero-order chi connectivity index (χ0) is 12.7. The van der Waals surface area contributed by atoms with Gasteiger partial charge in [0.05, 0.1) is 0 Å². The van der Waals surface area contributed by atoms with Crippen LogP contribution in [-0.2, 0) is 9.59 Å². The van der Waals surface area contributed by atoms with E-state index in [1.165, 1.54) is 12.8 Å². The van der Waals surface area contributed by atoms with E-state index >= 15 is 0 Å². The molecule has 2 aliphatic carbocycles. The number of hydrogen-bond acceptors (Lipinski definition) is 2. The predicted octanol–water partition coefficient (Wildman–Crippen LogP) is 1.44. The van der Waals surface area contributed by atoms with Gasteiger partial charge in [-0.2, -0.15) is 0 Å². The Morgan fingerprint density at radius 3 is 2.39 bits per heavy atom. The van der Waals surface area contributed by atoms with Crippen LogP contribution in [0, 0.1) is 5.92 Å². The third kappa shape index (κ3) is 2.13. The molecule has 1 aliphatic heterocycles. The number of amides is 2. The van der Waals surface area contributed by atoms with E-state index in [1.54, 1.807) is 0 Å². The largest absolute Gasteiger partial charge is 0.344 e. The topological polar surface area (TPSA) is 49.4 Å². The van der Waals surface area contributed by atoms with Crippen molar-refractivity contribution in [1.29, 1.82) is 0 Å². The van der Waals surface area contributed by atoms with Crippen LogP contribution in [-0.4, -0.2) is 34.8 Å².